The lowest BCUT2D eigenvalue weighted by Crippen LogP contribution is -2.17. The van der Waals surface area contributed by atoms with E-state index in [0.29, 0.717) is 5.13 Å². The van der Waals surface area contributed by atoms with Crippen LogP contribution in [0.4, 0.5) is 24.0 Å². The summed E-state index contributed by atoms with van der Waals surface area (Å²) >= 11 is 1.26. The maximum atomic E-state index is 12.3. The Hall–Kier alpha value is -3.47. The maximum absolute atomic E-state index is 12.3. The van der Waals surface area contributed by atoms with E-state index >= 15 is 0 Å². The summed E-state index contributed by atoms with van der Waals surface area (Å²) in [6, 6.07) is 12.1. The number of alkyl halides is 3. The molecular weight excluding hydrogens is 397 g/mol. The fourth-order valence-corrected chi connectivity index (χ4v) is 2.89. The van der Waals surface area contributed by atoms with Crippen LogP contribution in [0.15, 0.2) is 59.0 Å². The topological polar surface area (TPSA) is 89.7 Å². The summed E-state index contributed by atoms with van der Waals surface area (Å²) in [5.41, 5.74) is 3.67. The van der Waals surface area contributed by atoms with Crippen molar-refractivity contribution in [3.05, 3.63) is 69.6 Å². The number of hydrogen-bond acceptors (Lipinski definition) is 7. The van der Waals surface area contributed by atoms with Crippen LogP contribution >= 0.6 is 11.3 Å². The molecule has 11 heteroatoms. The lowest BCUT2D eigenvalue weighted by molar-refractivity contribution is -0.385. The average Bonchev–Trinajstić information content (AvgIpc) is 3.10. The van der Waals surface area contributed by atoms with E-state index in [1.54, 1.807) is 5.38 Å². The van der Waals surface area contributed by atoms with Gasteiger partial charge < -0.3 is 4.74 Å². The quantitative estimate of drug-likeness (QED) is 0.350. The van der Waals surface area contributed by atoms with Crippen LogP contribution in [0.3, 0.4) is 0 Å². The molecule has 0 amide bonds. The van der Waals surface area contributed by atoms with Crippen molar-refractivity contribution < 1.29 is 22.8 Å². The minimum atomic E-state index is -4.91. The minimum Gasteiger partial charge on any atom is -0.406 e. The van der Waals surface area contributed by atoms with Gasteiger partial charge >= 0.3 is 6.36 Å². The van der Waals surface area contributed by atoms with E-state index in [2.05, 4.69) is 20.2 Å². The van der Waals surface area contributed by atoms with Gasteiger partial charge in [-0.05, 0) is 12.1 Å². The van der Waals surface area contributed by atoms with Gasteiger partial charge in [0.25, 0.3) is 5.69 Å². The maximum Gasteiger partial charge on any atom is 0.573 e. The Morgan fingerprint density at radius 2 is 1.96 bits per heavy atom. The number of aromatic nitrogens is 1. The largest absolute Gasteiger partial charge is 0.573 e. The van der Waals surface area contributed by atoms with Gasteiger partial charge in [0.1, 0.15) is 5.75 Å². The Morgan fingerprint density at radius 1 is 1.21 bits per heavy atom. The number of nitrogens with zero attached hydrogens (tertiary/aromatic N) is 3. The van der Waals surface area contributed by atoms with Crippen molar-refractivity contribution >= 4 is 28.4 Å². The van der Waals surface area contributed by atoms with Crippen LogP contribution in [-0.2, 0) is 0 Å². The van der Waals surface area contributed by atoms with Crippen molar-refractivity contribution in [1.29, 1.82) is 0 Å². The molecule has 1 N–H and O–H groups in total. The van der Waals surface area contributed by atoms with E-state index in [0.717, 1.165) is 35.7 Å². The molecule has 1 aromatic heterocycles. The molecule has 0 saturated carbocycles. The monoisotopic (exact) mass is 408 g/mol. The number of benzene rings is 2. The van der Waals surface area contributed by atoms with Gasteiger partial charge in [0.15, 0.2) is 0 Å². The molecular formula is C17H11F3N4O3S. The predicted octanol–water partition coefficient (Wildman–Crippen LogP) is 5.06. The van der Waals surface area contributed by atoms with E-state index in [1.807, 2.05) is 30.3 Å². The first-order valence-electron chi connectivity index (χ1n) is 7.66. The predicted molar refractivity (Wildman–Crippen MR) is 98.5 cm³/mol. The van der Waals surface area contributed by atoms with Crippen molar-refractivity contribution in [2.75, 3.05) is 5.43 Å². The average molecular weight is 408 g/mol. The first kappa shape index (κ1) is 19.3. The van der Waals surface area contributed by atoms with Crippen molar-refractivity contribution in [3.8, 4) is 17.0 Å². The molecule has 0 bridgehead atoms. The molecule has 0 unspecified atom stereocenters. The minimum absolute atomic E-state index is 0.154. The van der Waals surface area contributed by atoms with E-state index in [9.17, 15) is 23.3 Å². The van der Waals surface area contributed by atoms with Gasteiger partial charge in [-0.25, -0.2) is 4.98 Å². The highest BCUT2D eigenvalue weighted by atomic mass is 32.1. The Bertz CT molecular complexity index is 1010. The Kier molecular flexibility index (Phi) is 5.54. The van der Waals surface area contributed by atoms with Crippen molar-refractivity contribution in [2.24, 2.45) is 5.10 Å². The van der Waals surface area contributed by atoms with Crippen LogP contribution in [0.5, 0.6) is 5.75 Å². The summed E-state index contributed by atoms with van der Waals surface area (Å²) in [7, 11) is 0. The zero-order valence-electron chi connectivity index (χ0n) is 13.9. The highest BCUT2D eigenvalue weighted by Gasteiger charge is 2.31. The number of hydrazone groups is 1. The summed E-state index contributed by atoms with van der Waals surface area (Å²) in [5.74, 6) is -0.583. The second-order valence-electron chi connectivity index (χ2n) is 5.30. The van der Waals surface area contributed by atoms with Crippen molar-refractivity contribution in [1.82, 2.24) is 4.98 Å². The van der Waals surface area contributed by atoms with Gasteiger partial charge in [-0.2, -0.15) is 5.10 Å². The lowest BCUT2D eigenvalue weighted by atomic mass is 10.2. The fourth-order valence-electron chi connectivity index (χ4n) is 2.22. The molecule has 1 heterocycles. The zero-order chi connectivity index (χ0) is 20.1. The highest BCUT2D eigenvalue weighted by molar-refractivity contribution is 7.14. The van der Waals surface area contributed by atoms with Crippen LogP contribution < -0.4 is 10.2 Å². The summed E-state index contributed by atoms with van der Waals surface area (Å²) in [6.07, 6.45) is -3.87. The number of halogens is 3. The second-order valence-corrected chi connectivity index (χ2v) is 6.16. The SMILES string of the molecule is O=[N+]([O-])c1ccc(OC(F)(F)F)cc1C=NNc1nc(-c2ccccc2)cs1. The number of rotatable bonds is 6. The third-order valence-electron chi connectivity index (χ3n) is 3.37. The van der Waals surface area contributed by atoms with E-state index < -0.39 is 22.7 Å². The molecule has 0 saturated heterocycles. The summed E-state index contributed by atoms with van der Waals surface area (Å²) < 4.78 is 40.8. The van der Waals surface area contributed by atoms with Gasteiger partial charge in [-0.1, -0.05) is 30.3 Å². The zero-order valence-corrected chi connectivity index (χ0v) is 14.7. The summed E-state index contributed by atoms with van der Waals surface area (Å²) in [5, 5.41) is 17.1. The summed E-state index contributed by atoms with van der Waals surface area (Å²) in [6.45, 7) is 0. The normalized spacial score (nSPS) is 11.5. The lowest BCUT2D eigenvalue weighted by Gasteiger charge is -2.09. The third kappa shape index (κ3) is 5.04. The van der Waals surface area contributed by atoms with Crippen molar-refractivity contribution in [2.45, 2.75) is 6.36 Å². The van der Waals surface area contributed by atoms with E-state index in [1.165, 1.54) is 11.3 Å². The first-order valence-corrected chi connectivity index (χ1v) is 8.54. The van der Waals surface area contributed by atoms with E-state index in [-0.39, 0.29) is 5.56 Å². The number of ether oxygens (including phenoxy) is 1. The van der Waals surface area contributed by atoms with Gasteiger partial charge in [0.2, 0.25) is 5.13 Å². The van der Waals surface area contributed by atoms with Crippen LogP contribution in [-0.4, -0.2) is 22.5 Å². The van der Waals surface area contributed by atoms with Gasteiger partial charge in [0, 0.05) is 17.0 Å². The van der Waals surface area contributed by atoms with Crippen LogP contribution in [0.1, 0.15) is 5.56 Å². The number of anilines is 1. The van der Waals surface area contributed by atoms with Crippen LogP contribution in [0.25, 0.3) is 11.3 Å². The highest BCUT2D eigenvalue weighted by Crippen LogP contribution is 2.28. The molecule has 0 atom stereocenters. The van der Waals surface area contributed by atoms with Crippen LogP contribution in [0, 0.1) is 10.1 Å². The molecule has 3 rings (SSSR count). The Balaban J connectivity index is 1.77. The fraction of sp³-hybridized carbons (Fsp3) is 0.0588. The third-order valence-corrected chi connectivity index (χ3v) is 4.11. The second kappa shape index (κ2) is 8.05. The Morgan fingerprint density at radius 3 is 2.64 bits per heavy atom. The molecule has 2 aromatic carbocycles. The summed E-state index contributed by atoms with van der Waals surface area (Å²) in [4.78, 5) is 14.7. The molecule has 0 aliphatic carbocycles. The van der Waals surface area contributed by atoms with Gasteiger partial charge in [-0.3, -0.25) is 15.5 Å². The number of hydrogen-bond donors (Lipinski definition) is 1. The van der Waals surface area contributed by atoms with Gasteiger partial charge in [0.05, 0.1) is 22.4 Å². The Labute approximate surface area is 160 Å². The smallest absolute Gasteiger partial charge is 0.406 e. The van der Waals surface area contributed by atoms with Crippen molar-refractivity contribution in [3.63, 3.8) is 0 Å². The number of nitro groups is 1. The molecule has 0 fully saturated rings. The van der Waals surface area contributed by atoms with Crippen LogP contribution in [0.2, 0.25) is 0 Å². The number of nitrogens with one attached hydrogen (secondary N) is 1. The standard InChI is InChI=1S/C17H11F3N4O3S/c18-17(19,20)27-13-6-7-15(24(25)26)12(8-13)9-21-23-16-22-14(10-28-16)11-4-2-1-3-5-11/h1-10H,(H,22,23). The molecule has 0 aliphatic rings. The number of nitro benzene ring substituents is 1. The molecule has 0 aliphatic heterocycles. The molecule has 0 spiro atoms. The molecule has 144 valence electrons. The molecule has 3 aromatic rings. The molecule has 0 radical (unpaired) electrons. The first-order chi connectivity index (χ1) is 13.3. The van der Waals surface area contributed by atoms with Gasteiger partial charge in [-0.15, -0.1) is 24.5 Å². The number of thiazole rings is 1. The van der Waals surface area contributed by atoms with E-state index in [4.69, 9.17) is 0 Å². The molecule has 28 heavy (non-hydrogen) atoms. The molecule has 7 nitrogen and oxygen atoms in total.